The molecule has 2 aliphatic carbocycles. The third-order valence-corrected chi connectivity index (χ3v) is 5.94. The van der Waals surface area contributed by atoms with Crippen molar-refractivity contribution in [2.45, 2.75) is 33.1 Å². The minimum Gasteiger partial charge on any atom is -0.272 e. The van der Waals surface area contributed by atoms with Crippen LogP contribution in [0.15, 0.2) is 41.5 Å². The molecule has 1 aromatic rings. The molecule has 0 aliphatic heterocycles. The predicted molar refractivity (Wildman–Crippen MR) is 89.9 cm³/mol. The maximum absolute atomic E-state index is 12.7. The van der Waals surface area contributed by atoms with Crippen LogP contribution in [0.1, 0.15) is 38.7 Å². The number of halogens is 1. The lowest BCUT2D eigenvalue weighted by molar-refractivity contribution is -0.128. The van der Waals surface area contributed by atoms with Crippen molar-refractivity contribution in [2.24, 2.45) is 21.8 Å². The van der Waals surface area contributed by atoms with Gasteiger partial charge in [-0.3, -0.25) is 4.79 Å². The smallest absolute Gasteiger partial charge is 0.250 e. The summed E-state index contributed by atoms with van der Waals surface area (Å²) in [6, 6.07) is 7.41. The number of nitrogens with zero attached hydrogens (tertiary/aromatic N) is 1. The summed E-state index contributed by atoms with van der Waals surface area (Å²) in [6.07, 6.45) is 4.46. The molecule has 1 aromatic carbocycles. The summed E-state index contributed by atoms with van der Waals surface area (Å²) < 4.78 is 0. The molecule has 1 N–H and O–H groups in total. The zero-order valence-corrected chi connectivity index (χ0v) is 13.8. The van der Waals surface area contributed by atoms with E-state index < -0.39 is 5.41 Å². The van der Waals surface area contributed by atoms with Crippen LogP contribution in [0.2, 0.25) is 5.02 Å². The van der Waals surface area contributed by atoms with Gasteiger partial charge in [-0.1, -0.05) is 55.8 Å². The maximum Gasteiger partial charge on any atom is 0.250 e. The normalized spacial score (nSPS) is 29.2. The van der Waals surface area contributed by atoms with Crippen molar-refractivity contribution >= 4 is 23.7 Å². The van der Waals surface area contributed by atoms with Crippen molar-refractivity contribution < 1.29 is 4.79 Å². The van der Waals surface area contributed by atoms with E-state index in [0.717, 1.165) is 30.4 Å². The van der Waals surface area contributed by atoms with Crippen LogP contribution in [0.25, 0.3) is 0 Å². The Bertz CT molecular complexity index is 665. The van der Waals surface area contributed by atoms with Gasteiger partial charge in [0.1, 0.15) is 0 Å². The maximum atomic E-state index is 12.7. The van der Waals surface area contributed by atoms with Crippen LogP contribution in [-0.4, -0.2) is 12.1 Å². The Morgan fingerprint density at radius 1 is 1.45 bits per heavy atom. The third-order valence-electron chi connectivity index (χ3n) is 5.60. The van der Waals surface area contributed by atoms with Gasteiger partial charge in [0.25, 0.3) is 0 Å². The molecule has 2 fully saturated rings. The van der Waals surface area contributed by atoms with Crippen LogP contribution in [0, 0.1) is 16.7 Å². The number of hydrogen-bond acceptors (Lipinski definition) is 2. The Kier molecular flexibility index (Phi) is 3.64. The highest BCUT2D eigenvalue weighted by Crippen LogP contribution is 2.65. The highest BCUT2D eigenvalue weighted by atomic mass is 35.5. The quantitative estimate of drug-likeness (QED) is 0.507. The molecule has 0 radical (unpaired) electrons. The fourth-order valence-corrected chi connectivity index (χ4v) is 4.17. The van der Waals surface area contributed by atoms with E-state index in [1.807, 2.05) is 18.2 Å². The van der Waals surface area contributed by atoms with Crippen molar-refractivity contribution in [3.05, 3.63) is 47.0 Å². The monoisotopic (exact) mass is 316 g/mol. The first-order valence-electron chi connectivity index (χ1n) is 7.66. The molecule has 1 amide bonds. The van der Waals surface area contributed by atoms with E-state index in [1.54, 1.807) is 12.3 Å². The number of hydrazone groups is 1. The van der Waals surface area contributed by atoms with Gasteiger partial charge in [0.15, 0.2) is 0 Å². The van der Waals surface area contributed by atoms with Crippen molar-refractivity contribution in [3.63, 3.8) is 0 Å². The van der Waals surface area contributed by atoms with Crippen molar-refractivity contribution in [3.8, 4) is 0 Å². The molecular formula is C18H21ClN2O. The van der Waals surface area contributed by atoms with E-state index in [4.69, 9.17) is 11.6 Å². The molecule has 0 saturated heterocycles. The molecule has 2 aliphatic rings. The molecule has 4 heteroatoms. The first-order chi connectivity index (χ1) is 10.4. The third kappa shape index (κ3) is 2.19. The predicted octanol–water partition coefficient (Wildman–Crippen LogP) is 4.17. The van der Waals surface area contributed by atoms with E-state index in [1.165, 1.54) is 0 Å². The number of hydrogen-bond donors (Lipinski definition) is 1. The van der Waals surface area contributed by atoms with Crippen LogP contribution >= 0.6 is 11.6 Å². The molecule has 0 spiro atoms. The second kappa shape index (κ2) is 5.24. The van der Waals surface area contributed by atoms with E-state index in [9.17, 15) is 4.79 Å². The van der Waals surface area contributed by atoms with Gasteiger partial charge in [-0.05, 0) is 36.7 Å². The van der Waals surface area contributed by atoms with Crippen LogP contribution in [0.5, 0.6) is 0 Å². The zero-order chi connectivity index (χ0) is 16.0. The molecule has 22 heavy (non-hydrogen) atoms. The second-order valence-electron chi connectivity index (χ2n) is 6.94. The molecule has 0 heterocycles. The minimum atomic E-state index is -0.439. The van der Waals surface area contributed by atoms with Gasteiger partial charge in [0.2, 0.25) is 5.91 Å². The van der Waals surface area contributed by atoms with Gasteiger partial charge >= 0.3 is 0 Å². The summed E-state index contributed by atoms with van der Waals surface area (Å²) in [7, 11) is 0. The Balaban J connectivity index is 1.73. The van der Waals surface area contributed by atoms with Crippen molar-refractivity contribution in [2.75, 3.05) is 0 Å². The van der Waals surface area contributed by atoms with Gasteiger partial charge in [0, 0.05) is 10.6 Å². The number of fused-ring (bicyclic) bond motifs is 2. The Hall–Kier alpha value is -1.61. The topological polar surface area (TPSA) is 41.5 Å². The molecule has 3 rings (SSSR count). The van der Waals surface area contributed by atoms with Crippen LogP contribution in [0.3, 0.4) is 0 Å². The zero-order valence-electron chi connectivity index (χ0n) is 13.0. The van der Waals surface area contributed by atoms with Gasteiger partial charge < -0.3 is 0 Å². The molecule has 2 atom stereocenters. The van der Waals surface area contributed by atoms with Crippen molar-refractivity contribution in [1.29, 1.82) is 0 Å². The van der Waals surface area contributed by atoms with Gasteiger partial charge in [0.05, 0.1) is 11.6 Å². The minimum absolute atomic E-state index is 0.0334. The first-order valence-corrected chi connectivity index (χ1v) is 8.03. The highest BCUT2D eigenvalue weighted by Gasteiger charge is 2.60. The first kappa shape index (κ1) is 15.3. The average Bonchev–Trinajstić information content (AvgIpc) is 3.01. The molecule has 2 bridgehead atoms. The Morgan fingerprint density at radius 3 is 2.82 bits per heavy atom. The lowest BCUT2D eigenvalue weighted by Gasteiger charge is -2.36. The molecule has 3 nitrogen and oxygen atoms in total. The van der Waals surface area contributed by atoms with E-state index >= 15 is 0 Å². The fourth-order valence-electron chi connectivity index (χ4n) is 3.99. The average molecular weight is 317 g/mol. The summed E-state index contributed by atoms with van der Waals surface area (Å²) in [6.45, 7) is 8.62. The van der Waals surface area contributed by atoms with Gasteiger partial charge in [-0.2, -0.15) is 5.10 Å². The number of carbonyl (C=O) groups excluding carboxylic acids is 1. The van der Waals surface area contributed by atoms with Gasteiger partial charge in [-0.25, -0.2) is 5.43 Å². The lowest BCUT2D eigenvalue weighted by Crippen LogP contribution is -2.39. The van der Waals surface area contributed by atoms with Crippen LogP contribution in [-0.2, 0) is 4.79 Å². The SMILES string of the molecule is C=C1C(C)(C)[C@H]2CC[C@@]1(C(=O)N/N=C/c1ccccc1Cl)C2. The Morgan fingerprint density at radius 2 is 2.18 bits per heavy atom. The van der Waals surface area contributed by atoms with Crippen molar-refractivity contribution in [1.82, 2.24) is 5.43 Å². The number of benzene rings is 1. The molecule has 0 unspecified atom stereocenters. The van der Waals surface area contributed by atoms with E-state index in [0.29, 0.717) is 10.9 Å². The largest absolute Gasteiger partial charge is 0.272 e. The number of rotatable bonds is 3. The summed E-state index contributed by atoms with van der Waals surface area (Å²) in [5, 5.41) is 4.71. The summed E-state index contributed by atoms with van der Waals surface area (Å²) in [4.78, 5) is 12.7. The van der Waals surface area contributed by atoms with Crippen LogP contribution < -0.4 is 5.43 Å². The number of amides is 1. The lowest BCUT2D eigenvalue weighted by atomic mass is 9.68. The number of carbonyl (C=O) groups is 1. The molecule has 116 valence electrons. The summed E-state index contributed by atoms with van der Waals surface area (Å²) in [5.74, 6) is 0.521. The van der Waals surface area contributed by atoms with E-state index in [-0.39, 0.29) is 11.3 Å². The van der Waals surface area contributed by atoms with Gasteiger partial charge in [-0.15, -0.1) is 0 Å². The fraction of sp³-hybridized carbons (Fsp3) is 0.444. The summed E-state index contributed by atoms with van der Waals surface area (Å²) >= 11 is 6.07. The number of nitrogens with one attached hydrogen (secondary N) is 1. The molecule has 2 saturated carbocycles. The Labute approximate surface area is 136 Å². The molecule has 0 aromatic heterocycles. The summed E-state index contributed by atoms with van der Waals surface area (Å²) in [5.41, 5.74) is 4.15. The second-order valence-corrected chi connectivity index (χ2v) is 7.35. The highest BCUT2D eigenvalue weighted by molar-refractivity contribution is 6.33. The standard InChI is InChI=1S/C18H21ClN2O/c1-12-17(2,3)14-8-9-18(12,10-14)16(22)21-20-11-13-6-4-5-7-15(13)19/h4-7,11,14H,1,8-10H2,2-3H3,(H,21,22)/b20-11+/t14-,18+/m0/s1. The molecular weight excluding hydrogens is 296 g/mol. The van der Waals surface area contributed by atoms with E-state index in [2.05, 4.69) is 31.0 Å². The van der Waals surface area contributed by atoms with Crippen LogP contribution in [0.4, 0.5) is 0 Å².